The van der Waals surface area contributed by atoms with Crippen LogP contribution in [0.5, 0.6) is 0 Å². The number of nitrogens with zero attached hydrogens (tertiary/aromatic N) is 2. The third-order valence-electron chi connectivity index (χ3n) is 2.46. The molecular weight excluding hydrogens is 327 g/mol. The Morgan fingerprint density at radius 1 is 1.32 bits per heavy atom. The summed E-state index contributed by atoms with van der Waals surface area (Å²) in [6.45, 7) is 3.88. The standard InChI is InChI=1S/C14H10BrFN2S/c1-8-5-9(2)18-12(6-8)19-11-4-3-10(7-17)13(15)14(11)16/h3-6H,1-2H3. The fraction of sp³-hybridized carbons (Fsp3) is 0.143. The molecule has 0 saturated heterocycles. The molecule has 0 bridgehead atoms. The number of halogens is 2. The highest BCUT2D eigenvalue weighted by Crippen LogP contribution is 2.33. The summed E-state index contributed by atoms with van der Waals surface area (Å²) >= 11 is 4.35. The third-order valence-corrected chi connectivity index (χ3v) is 4.18. The van der Waals surface area contributed by atoms with Crippen LogP contribution in [0, 0.1) is 31.0 Å². The number of pyridine rings is 1. The van der Waals surface area contributed by atoms with Crippen molar-refractivity contribution in [2.75, 3.05) is 0 Å². The lowest BCUT2D eigenvalue weighted by atomic mass is 10.2. The molecule has 2 nitrogen and oxygen atoms in total. The minimum absolute atomic E-state index is 0.198. The molecule has 2 aromatic rings. The molecule has 0 saturated carbocycles. The zero-order valence-corrected chi connectivity index (χ0v) is 12.8. The van der Waals surface area contributed by atoms with Crippen molar-refractivity contribution in [2.24, 2.45) is 0 Å². The molecule has 0 aliphatic rings. The lowest BCUT2D eigenvalue weighted by molar-refractivity contribution is 0.594. The molecule has 0 fully saturated rings. The molecule has 0 unspecified atom stereocenters. The van der Waals surface area contributed by atoms with E-state index in [-0.39, 0.29) is 10.0 Å². The minimum Gasteiger partial charge on any atom is -0.246 e. The molecule has 0 N–H and O–H groups in total. The Morgan fingerprint density at radius 2 is 2.05 bits per heavy atom. The normalized spacial score (nSPS) is 10.3. The average Bonchev–Trinajstić information content (AvgIpc) is 2.34. The summed E-state index contributed by atoms with van der Waals surface area (Å²) < 4.78 is 14.3. The molecule has 0 radical (unpaired) electrons. The summed E-state index contributed by atoms with van der Waals surface area (Å²) in [5.41, 5.74) is 2.27. The lowest BCUT2D eigenvalue weighted by Gasteiger charge is -2.07. The van der Waals surface area contributed by atoms with E-state index >= 15 is 0 Å². The molecule has 0 spiro atoms. The average molecular weight is 337 g/mol. The first kappa shape index (κ1) is 14.0. The highest BCUT2D eigenvalue weighted by Gasteiger charge is 2.13. The number of hydrogen-bond acceptors (Lipinski definition) is 3. The van der Waals surface area contributed by atoms with Gasteiger partial charge in [-0.15, -0.1) is 0 Å². The van der Waals surface area contributed by atoms with Gasteiger partial charge in [0.15, 0.2) is 5.82 Å². The van der Waals surface area contributed by atoms with Gasteiger partial charge in [0.25, 0.3) is 0 Å². The first-order valence-electron chi connectivity index (χ1n) is 5.52. The summed E-state index contributed by atoms with van der Waals surface area (Å²) in [6, 6.07) is 9.00. The molecular formula is C14H10BrFN2S. The molecule has 0 aliphatic carbocycles. The SMILES string of the molecule is Cc1cc(C)nc(Sc2ccc(C#N)c(Br)c2F)c1. The molecule has 19 heavy (non-hydrogen) atoms. The van der Waals surface area contributed by atoms with Crippen LogP contribution >= 0.6 is 27.7 Å². The number of rotatable bonds is 2. The molecule has 1 aromatic heterocycles. The Balaban J connectivity index is 2.39. The highest BCUT2D eigenvalue weighted by atomic mass is 79.9. The Bertz CT molecular complexity index is 660. The van der Waals surface area contributed by atoms with Crippen LogP contribution in [0.4, 0.5) is 4.39 Å². The van der Waals surface area contributed by atoms with Crippen molar-refractivity contribution in [3.63, 3.8) is 0 Å². The number of aromatic nitrogens is 1. The van der Waals surface area contributed by atoms with Gasteiger partial charge in [0.1, 0.15) is 11.1 Å². The van der Waals surface area contributed by atoms with Gasteiger partial charge in [-0.2, -0.15) is 5.26 Å². The number of benzene rings is 1. The van der Waals surface area contributed by atoms with Crippen LogP contribution < -0.4 is 0 Å². The van der Waals surface area contributed by atoms with Crippen LogP contribution in [-0.4, -0.2) is 4.98 Å². The van der Waals surface area contributed by atoms with Crippen molar-refractivity contribution in [3.05, 3.63) is 51.4 Å². The predicted octanol–water partition coefficient (Wildman–Crippen LogP) is 4.62. The van der Waals surface area contributed by atoms with Gasteiger partial charge >= 0.3 is 0 Å². The summed E-state index contributed by atoms with van der Waals surface area (Å²) in [5, 5.41) is 9.57. The van der Waals surface area contributed by atoms with Gasteiger partial charge in [0.2, 0.25) is 0 Å². The summed E-state index contributed by atoms with van der Waals surface area (Å²) in [5.74, 6) is -0.426. The zero-order chi connectivity index (χ0) is 14.0. The molecule has 0 aliphatic heterocycles. The van der Waals surface area contributed by atoms with E-state index in [0.29, 0.717) is 4.90 Å². The van der Waals surface area contributed by atoms with Gasteiger partial charge in [0, 0.05) is 5.69 Å². The summed E-state index contributed by atoms with van der Waals surface area (Å²) in [6.07, 6.45) is 0. The molecule has 96 valence electrons. The molecule has 1 aromatic carbocycles. The van der Waals surface area contributed by atoms with E-state index in [1.165, 1.54) is 11.8 Å². The van der Waals surface area contributed by atoms with E-state index in [1.807, 2.05) is 32.0 Å². The number of nitriles is 1. The van der Waals surface area contributed by atoms with E-state index in [2.05, 4.69) is 20.9 Å². The fourth-order valence-electron chi connectivity index (χ4n) is 1.67. The van der Waals surface area contributed by atoms with Crippen molar-refractivity contribution < 1.29 is 4.39 Å². The quantitative estimate of drug-likeness (QED) is 0.802. The van der Waals surface area contributed by atoms with E-state index in [9.17, 15) is 4.39 Å². The second kappa shape index (κ2) is 5.72. The van der Waals surface area contributed by atoms with Gasteiger partial charge in [-0.1, -0.05) is 11.8 Å². The third kappa shape index (κ3) is 3.14. The van der Waals surface area contributed by atoms with Crippen LogP contribution in [0.15, 0.2) is 38.7 Å². The Hall–Kier alpha value is -1.38. The lowest BCUT2D eigenvalue weighted by Crippen LogP contribution is -1.90. The van der Waals surface area contributed by atoms with Gasteiger partial charge in [-0.3, -0.25) is 0 Å². The van der Waals surface area contributed by atoms with Crippen molar-refractivity contribution >= 4 is 27.7 Å². The largest absolute Gasteiger partial charge is 0.246 e. The fourth-order valence-corrected chi connectivity index (χ4v) is 3.22. The maximum atomic E-state index is 14.1. The van der Waals surface area contributed by atoms with Crippen LogP contribution in [0.2, 0.25) is 0 Å². The van der Waals surface area contributed by atoms with Crippen molar-refractivity contribution in [1.82, 2.24) is 4.98 Å². The first-order chi connectivity index (χ1) is 9.01. The Labute approximate surface area is 123 Å². The Kier molecular flexibility index (Phi) is 4.23. The van der Waals surface area contributed by atoms with Crippen LogP contribution in [0.1, 0.15) is 16.8 Å². The van der Waals surface area contributed by atoms with E-state index in [0.717, 1.165) is 16.3 Å². The minimum atomic E-state index is -0.426. The van der Waals surface area contributed by atoms with Gasteiger partial charge in [0.05, 0.1) is 14.9 Å². The first-order valence-corrected chi connectivity index (χ1v) is 7.13. The van der Waals surface area contributed by atoms with Crippen molar-refractivity contribution in [3.8, 4) is 6.07 Å². The number of hydrogen-bond donors (Lipinski definition) is 0. The van der Waals surface area contributed by atoms with Crippen LogP contribution in [0.3, 0.4) is 0 Å². The van der Waals surface area contributed by atoms with Gasteiger partial charge < -0.3 is 0 Å². The molecule has 2 rings (SSSR count). The van der Waals surface area contributed by atoms with Crippen LogP contribution in [0.25, 0.3) is 0 Å². The zero-order valence-electron chi connectivity index (χ0n) is 10.4. The smallest absolute Gasteiger partial charge is 0.152 e. The predicted molar refractivity (Wildman–Crippen MR) is 76.6 cm³/mol. The summed E-state index contributed by atoms with van der Waals surface area (Å²) in [4.78, 5) is 4.81. The van der Waals surface area contributed by atoms with E-state index in [4.69, 9.17) is 5.26 Å². The highest BCUT2D eigenvalue weighted by molar-refractivity contribution is 9.10. The second-order valence-electron chi connectivity index (χ2n) is 4.08. The monoisotopic (exact) mass is 336 g/mol. The molecule has 0 atom stereocenters. The molecule has 0 amide bonds. The maximum absolute atomic E-state index is 14.1. The Morgan fingerprint density at radius 3 is 2.68 bits per heavy atom. The van der Waals surface area contributed by atoms with E-state index in [1.54, 1.807) is 12.1 Å². The van der Waals surface area contributed by atoms with Crippen molar-refractivity contribution in [1.29, 1.82) is 5.26 Å². The second-order valence-corrected chi connectivity index (χ2v) is 5.93. The summed E-state index contributed by atoms with van der Waals surface area (Å²) in [7, 11) is 0. The van der Waals surface area contributed by atoms with Crippen LogP contribution in [-0.2, 0) is 0 Å². The van der Waals surface area contributed by atoms with E-state index < -0.39 is 5.82 Å². The maximum Gasteiger partial charge on any atom is 0.152 e. The van der Waals surface area contributed by atoms with Gasteiger partial charge in [-0.05, 0) is 59.6 Å². The number of aryl methyl sites for hydroxylation is 2. The molecule has 1 heterocycles. The topological polar surface area (TPSA) is 36.7 Å². The van der Waals surface area contributed by atoms with Gasteiger partial charge in [-0.25, -0.2) is 9.37 Å². The van der Waals surface area contributed by atoms with Crippen molar-refractivity contribution in [2.45, 2.75) is 23.8 Å². The molecule has 5 heteroatoms.